The fraction of sp³-hybridized carbons (Fsp3) is 0.200. The number of hydrogen-bond acceptors (Lipinski definition) is 8. The summed E-state index contributed by atoms with van der Waals surface area (Å²) in [6.07, 6.45) is 6.13. The Morgan fingerprint density at radius 2 is 0.655 bits per heavy atom. The normalized spacial score (nSPS) is 8.97. The van der Waals surface area contributed by atoms with E-state index < -0.39 is 0 Å². The molecule has 4 aromatic heterocycles. The van der Waals surface area contributed by atoms with Crippen molar-refractivity contribution in [3.05, 3.63) is 96.6 Å². The van der Waals surface area contributed by atoms with E-state index in [0.29, 0.717) is 23.0 Å². The SMILES string of the molecule is OCc1ccco1.OCc1ccco1.OCc1ccco1.OCc1ccco1.[Ti]. The Bertz CT molecular complexity index is 626. The van der Waals surface area contributed by atoms with Crippen LogP contribution in [0.5, 0.6) is 0 Å². The summed E-state index contributed by atoms with van der Waals surface area (Å²) < 4.78 is 18.9. The summed E-state index contributed by atoms with van der Waals surface area (Å²) in [6, 6.07) is 13.9. The van der Waals surface area contributed by atoms with Gasteiger partial charge in [0.05, 0.1) is 25.1 Å². The fourth-order valence-electron chi connectivity index (χ4n) is 1.61. The smallest absolute Gasteiger partial charge is 0.129 e. The minimum Gasteiger partial charge on any atom is -0.467 e. The van der Waals surface area contributed by atoms with Crippen LogP contribution in [0, 0.1) is 0 Å². The predicted octanol–water partition coefficient (Wildman–Crippen LogP) is 3.09. The van der Waals surface area contributed by atoms with Gasteiger partial charge in [-0.15, -0.1) is 0 Å². The van der Waals surface area contributed by atoms with Crippen LogP contribution in [0.15, 0.2) is 91.3 Å². The number of hydrogen-bond donors (Lipinski definition) is 4. The first-order chi connectivity index (χ1) is 13.7. The second kappa shape index (κ2) is 17.8. The molecule has 0 amide bonds. The predicted molar refractivity (Wildman–Crippen MR) is 98.5 cm³/mol. The van der Waals surface area contributed by atoms with E-state index >= 15 is 0 Å². The summed E-state index contributed by atoms with van der Waals surface area (Å²) in [6.45, 7) is -0.0278. The van der Waals surface area contributed by atoms with Crippen molar-refractivity contribution in [2.24, 2.45) is 0 Å². The summed E-state index contributed by atoms with van der Waals surface area (Å²) in [5.41, 5.74) is 0. The molecular weight excluding hydrogens is 416 g/mol. The molecule has 29 heavy (non-hydrogen) atoms. The molecule has 0 atom stereocenters. The van der Waals surface area contributed by atoms with Gasteiger partial charge in [0.15, 0.2) is 0 Å². The third kappa shape index (κ3) is 12.7. The van der Waals surface area contributed by atoms with Crippen molar-refractivity contribution in [1.82, 2.24) is 0 Å². The Kier molecular flexibility index (Phi) is 16.3. The summed E-state index contributed by atoms with van der Waals surface area (Å²) in [5.74, 6) is 2.44. The first-order valence-corrected chi connectivity index (χ1v) is 8.26. The van der Waals surface area contributed by atoms with Gasteiger partial charge in [0.25, 0.3) is 0 Å². The molecule has 0 aliphatic rings. The quantitative estimate of drug-likeness (QED) is 0.356. The molecule has 4 rings (SSSR count). The second-order valence-corrected chi connectivity index (χ2v) is 4.95. The average molecular weight is 440 g/mol. The van der Waals surface area contributed by atoms with E-state index in [2.05, 4.69) is 0 Å². The molecular formula is C20H24O8Ti. The molecule has 8 nitrogen and oxygen atoms in total. The van der Waals surface area contributed by atoms with Gasteiger partial charge >= 0.3 is 0 Å². The zero-order valence-electron chi connectivity index (χ0n) is 15.7. The monoisotopic (exact) mass is 440 g/mol. The Morgan fingerprint density at radius 1 is 0.448 bits per heavy atom. The molecule has 0 fully saturated rings. The average Bonchev–Trinajstić information content (AvgIpc) is 3.57. The molecule has 9 heteroatoms. The van der Waals surface area contributed by atoms with Gasteiger partial charge < -0.3 is 38.1 Å². The molecule has 4 aromatic rings. The molecule has 0 aliphatic carbocycles. The Hall–Kier alpha value is -2.33. The standard InChI is InChI=1S/4C5H6O2.Ti/c4*6-4-5-2-1-3-7-5;/h4*1-3,6H,4H2;. The molecule has 0 radical (unpaired) electrons. The summed E-state index contributed by atoms with van der Waals surface area (Å²) in [7, 11) is 0. The Balaban J connectivity index is 0.000000356. The maximum Gasteiger partial charge on any atom is 0.129 e. The molecule has 0 spiro atoms. The van der Waals surface area contributed by atoms with Crippen LogP contribution in [0.3, 0.4) is 0 Å². The molecule has 0 bridgehead atoms. The van der Waals surface area contributed by atoms with Gasteiger partial charge in [0.1, 0.15) is 49.5 Å². The topological polar surface area (TPSA) is 133 Å². The minimum atomic E-state index is -0.00694. The van der Waals surface area contributed by atoms with Crippen molar-refractivity contribution in [3.8, 4) is 0 Å². The van der Waals surface area contributed by atoms with Crippen molar-refractivity contribution in [2.45, 2.75) is 26.4 Å². The summed E-state index contributed by atoms with van der Waals surface area (Å²) >= 11 is 0. The van der Waals surface area contributed by atoms with Gasteiger partial charge in [-0.1, -0.05) is 0 Å². The number of furan rings is 4. The molecule has 0 saturated heterocycles. The van der Waals surface area contributed by atoms with E-state index in [-0.39, 0.29) is 48.1 Å². The van der Waals surface area contributed by atoms with Gasteiger partial charge in [0.2, 0.25) is 0 Å². The number of aliphatic hydroxyl groups is 4. The Labute approximate surface area is 182 Å². The van der Waals surface area contributed by atoms with Crippen molar-refractivity contribution in [2.75, 3.05) is 0 Å². The molecule has 0 saturated carbocycles. The zero-order valence-corrected chi connectivity index (χ0v) is 17.2. The maximum atomic E-state index is 8.33. The van der Waals surface area contributed by atoms with Gasteiger partial charge in [0, 0.05) is 21.7 Å². The molecule has 4 N–H and O–H groups in total. The fourth-order valence-corrected chi connectivity index (χ4v) is 1.61. The largest absolute Gasteiger partial charge is 0.467 e. The first-order valence-electron chi connectivity index (χ1n) is 8.26. The first kappa shape index (κ1) is 26.7. The summed E-state index contributed by atoms with van der Waals surface area (Å²) in [4.78, 5) is 0. The van der Waals surface area contributed by atoms with Gasteiger partial charge in [-0.05, 0) is 48.5 Å². The van der Waals surface area contributed by atoms with E-state index in [1.165, 1.54) is 25.1 Å². The number of aliphatic hydroxyl groups excluding tert-OH is 4. The van der Waals surface area contributed by atoms with E-state index in [1.807, 2.05) is 0 Å². The van der Waals surface area contributed by atoms with E-state index in [9.17, 15) is 0 Å². The van der Waals surface area contributed by atoms with Crippen LogP contribution >= 0.6 is 0 Å². The second-order valence-electron chi connectivity index (χ2n) is 4.95. The van der Waals surface area contributed by atoms with Crippen LogP contribution in [-0.2, 0) is 48.1 Å². The summed E-state index contributed by atoms with van der Waals surface area (Å²) in [5, 5.41) is 33.3. The van der Waals surface area contributed by atoms with Crippen molar-refractivity contribution >= 4 is 0 Å². The van der Waals surface area contributed by atoms with Crippen molar-refractivity contribution < 1.29 is 59.8 Å². The van der Waals surface area contributed by atoms with Crippen LogP contribution in [0.25, 0.3) is 0 Å². The van der Waals surface area contributed by atoms with Crippen LogP contribution in [0.1, 0.15) is 23.0 Å². The molecule has 0 unspecified atom stereocenters. The minimum absolute atomic E-state index is 0. The van der Waals surface area contributed by atoms with Gasteiger partial charge in [-0.25, -0.2) is 0 Å². The maximum absolute atomic E-state index is 8.33. The van der Waals surface area contributed by atoms with Gasteiger partial charge in [-0.3, -0.25) is 0 Å². The Morgan fingerprint density at radius 3 is 0.724 bits per heavy atom. The van der Waals surface area contributed by atoms with Crippen LogP contribution in [-0.4, -0.2) is 20.4 Å². The van der Waals surface area contributed by atoms with Crippen LogP contribution < -0.4 is 0 Å². The molecule has 0 aliphatic heterocycles. The molecule has 156 valence electrons. The van der Waals surface area contributed by atoms with Crippen LogP contribution in [0.4, 0.5) is 0 Å². The van der Waals surface area contributed by atoms with E-state index in [4.69, 9.17) is 38.1 Å². The van der Waals surface area contributed by atoms with Crippen molar-refractivity contribution in [3.63, 3.8) is 0 Å². The van der Waals surface area contributed by atoms with Crippen LogP contribution in [0.2, 0.25) is 0 Å². The zero-order chi connectivity index (χ0) is 20.5. The van der Waals surface area contributed by atoms with Gasteiger partial charge in [-0.2, -0.15) is 0 Å². The molecule has 4 heterocycles. The third-order valence-corrected chi connectivity index (χ3v) is 2.94. The van der Waals surface area contributed by atoms with E-state index in [1.54, 1.807) is 48.5 Å². The molecule has 0 aromatic carbocycles. The van der Waals surface area contributed by atoms with E-state index in [0.717, 1.165) is 0 Å². The number of rotatable bonds is 4. The van der Waals surface area contributed by atoms with Crippen molar-refractivity contribution in [1.29, 1.82) is 0 Å². The third-order valence-electron chi connectivity index (χ3n) is 2.94.